The third-order valence-corrected chi connectivity index (χ3v) is 1.93. The molecule has 1 unspecified atom stereocenters. The van der Waals surface area contributed by atoms with Crippen LogP contribution in [0.15, 0.2) is 24.3 Å². The molecule has 0 bridgehead atoms. The van der Waals surface area contributed by atoms with E-state index in [1.165, 1.54) is 5.56 Å². The number of ether oxygens (including phenoxy) is 1. The summed E-state index contributed by atoms with van der Waals surface area (Å²) in [6.07, 6.45) is 0.420. The summed E-state index contributed by atoms with van der Waals surface area (Å²) in [5.41, 5.74) is 1.21. The Balaban J connectivity index is 2.51. The molecule has 0 saturated heterocycles. The zero-order valence-corrected chi connectivity index (χ0v) is 8.91. The first-order chi connectivity index (χ1) is 6.58. The van der Waals surface area contributed by atoms with Gasteiger partial charge >= 0.3 is 0 Å². The highest BCUT2D eigenvalue weighted by Gasteiger charge is 2.06. The molecule has 76 valence electrons. The quantitative estimate of drug-likeness (QED) is 0.733. The molecule has 2 heteroatoms. The molecule has 14 heavy (non-hydrogen) atoms. The molecular weight excluding hydrogens is 176 g/mol. The maximum absolute atomic E-state index is 10.8. The lowest BCUT2D eigenvalue weighted by Gasteiger charge is -2.12. The summed E-state index contributed by atoms with van der Waals surface area (Å²) >= 11 is 0. The van der Waals surface area contributed by atoms with E-state index in [9.17, 15) is 4.79 Å². The van der Waals surface area contributed by atoms with Gasteiger partial charge in [0.05, 0.1) is 0 Å². The first kappa shape index (κ1) is 10.8. The highest BCUT2D eigenvalue weighted by molar-refractivity contribution is 5.75. The van der Waals surface area contributed by atoms with Gasteiger partial charge in [-0.05, 0) is 32.9 Å². The minimum absolute atomic E-state index is 0.0461. The molecule has 2 nitrogen and oxygen atoms in total. The van der Waals surface area contributed by atoms with E-state index in [2.05, 4.69) is 0 Å². The van der Waals surface area contributed by atoms with Crippen molar-refractivity contribution in [1.82, 2.24) is 0 Å². The summed E-state index contributed by atoms with van der Waals surface area (Å²) in [6.45, 7) is 5.51. The van der Waals surface area contributed by atoms with Crippen LogP contribution >= 0.6 is 0 Å². The molecule has 0 N–H and O–H groups in total. The van der Waals surface area contributed by atoms with Crippen molar-refractivity contribution in [3.05, 3.63) is 29.8 Å². The number of rotatable bonds is 4. The number of ketones is 1. The molecule has 0 spiro atoms. The Morgan fingerprint density at radius 2 is 1.93 bits per heavy atom. The van der Waals surface area contributed by atoms with E-state index in [0.29, 0.717) is 6.42 Å². The molecule has 0 fully saturated rings. The van der Waals surface area contributed by atoms with Gasteiger partial charge in [0.15, 0.2) is 0 Å². The summed E-state index contributed by atoms with van der Waals surface area (Å²) < 4.78 is 5.56. The van der Waals surface area contributed by atoms with Crippen LogP contribution in [0, 0.1) is 6.92 Å². The smallest absolute Gasteiger partial charge is 0.133 e. The van der Waals surface area contributed by atoms with E-state index >= 15 is 0 Å². The molecule has 0 aliphatic heterocycles. The molecular formula is C12H16O2. The maximum Gasteiger partial charge on any atom is 0.133 e. The fourth-order valence-electron chi connectivity index (χ4n) is 1.30. The number of Topliss-reactive ketones (excluding diaryl/α,β-unsaturated/α-hetero) is 1. The number of carbonyl (C=O) groups is 1. The second-order valence-corrected chi connectivity index (χ2v) is 3.65. The Morgan fingerprint density at radius 3 is 2.43 bits per heavy atom. The van der Waals surface area contributed by atoms with Gasteiger partial charge in [0.1, 0.15) is 17.6 Å². The predicted molar refractivity (Wildman–Crippen MR) is 56.6 cm³/mol. The molecule has 1 aromatic carbocycles. The number of benzene rings is 1. The van der Waals surface area contributed by atoms with Crippen LogP contribution in [0.25, 0.3) is 0 Å². The number of carbonyl (C=O) groups excluding carboxylic acids is 1. The van der Waals surface area contributed by atoms with E-state index in [-0.39, 0.29) is 11.9 Å². The van der Waals surface area contributed by atoms with Crippen molar-refractivity contribution in [2.45, 2.75) is 33.3 Å². The molecule has 1 aromatic rings. The lowest BCUT2D eigenvalue weighted by molar-refractivity contribution is -0.118. The Labute approximate surface area is 84.9 Å². The fraction of sp³-hybridized carbons (Fsp3) is 0.417. The average molecular weight is 192 g/mol. The number of aryl methyl sites for hydroxylation is 1. The largest absolute Gasteiger partial charge is 0.490 e. The summed E-state index contributed by atoms with van der Waals surface area (Å²) in [4.78, 5) is 10.8. The van der Waals surface area contributed by atoms with Gasteiger partial charge in [0.25, 0.3) is 0 Å². The Bertz CT molecular complexity index is 301. The van der Waals surface area contributed by atoms with Crippen LogP contribution in [-0.4, -0.2) is 11.9 Å². The molecule has 0 saturated carbocycles. The van der Waals surface area contributed by atoms with Crippen molar-refractivity contribution < 1.29 is 9.53 Å². The molecule has 1 atom stereocenters. The monoisotopic (exact) mass is 192 g/mol. The number of hydrogen-bond donors (Lipinski definition) is 0. The van der Waals surface area contributed by atoms with Crippen LogP contribution in [0.4, 0.5) is 0 Å². The van der Waals surface area contributed by atoms with Crippen LogP contribution in [0.1, 0.15) is 25.8 Å². The Morgan fingerprint density at radius 1 is 1.36 bits per heavy atom. The second kappa shape index (κ2) is 4.80. The van der Waals surface area contributed by atoms with Crippen molar-refractivity contribution in [2.75, 3.05) is 0 Å². The molecule has 0 aromatic heterocycles. The van der Waals surface area contributed by atoms with Crippen LogP contribution in [-0.2, 0) is 4.79 Å². The highest BCUT2D eigenvalue weighted by Crippen LogP contribution is 2.14. The standard InChI is InChI=1S/C12H16O2/c1-9-4-6-12(7-5-9)14-11(3)8-10(2)13/h4-7,11H,8H2,1-3H3. The molecule has 1 rings (SSSR count). The third kappa shape index (κ3) is 3.60. The van der Waals surface area contributed by atoms with Crippen molar-refractivity contribution >= 4 is 5.78 Å². The van der Waals surface area contributed by atoms with E-state index < -0.39 is 0 Å². The maximum atomic E-state index is 10.8. The molecule has 0 radical (unpaired) electrons. The minimum Gasteiger partial charge on any atom is -0.490 e. The highest BCUT2D eigenvalue weighted by atomic mass is 16.5. The minimum atomic E-state index is -0.0461. The fourth-order valence-corrected chi connectivity index (χ4v) is 1.30. The Hall–Kier alpha value is -1.31. The number of hydrogen-bond acceptors (Lipinski definition) is 2. The summed E-state index contributed by atoms with van der Waals surface area (Å²) in [5.74, 6) is 0.981. The molecule has 0 amide bonds. The zero-order valence-electron chi connectivity index (χ0n) is 8.91. The Kier molecular flexibility index (Phi) is 3.69. The van der Waals surface area contributed by atoms with E-state index in [0.717, 1.165) is 5.75 Å². The lowest BCUT2D eigenvalue weighted by atomic mass is 10.2. The van der Waals surface area contributed by atoms with Gasteiger partial charge in [0, 0.05) is 6.42 Å². The summed E-state index contributed by atoms with van der Waals surface area (Å²) in [5, 5.41) is 0. The van der Waals surface area contributed by atoms with Crippen molar-refractivity contribution in [3.8, 4) is 5.75 Å². The van der Waals surface area contributed by atoms with Gasteiger partial charge in [-0.2, -0.15) is 0 Å². The van der Waals surface area contributed by atoms with Crippen LogP contribution in [0.5, 0.6) is 5.75 Å². The van der Waals surface area contributed by atoms with Gasteiger partial charge in [-0.1, -0.05) is 17.7 Å². The molecule has 0 aliphatic rings. The topological polar surface area (TPSA) is 26.3 Å². The summed E-state index contributed by atoms with van der Waals surface area (Å²) in [6, 6.07) is 7.84. The van der Waals surface area contributed by atoms with Crippen molar-refractivity contribution in [3.63, 3.8) is 0 Å². The van der Waals surface area contributed by atoms with Gasteiger partial charge in [-0.25, -0.2) is 0 Å². The average Bonchev–Trinajstić information content (AvgIpc) is 2.07. The van der Waals surface area contributed by atoms with Crippen molar-refractivity contribution in [1.29, 1.82) is 0 Å². The van der Waals surface area contributed by atoms with E-state index in [1.54, 1.807) is 6.92 Å². The molecule has 0 heterocycles. The first-order valence-corrected chi connectivity index (χ1v) is 4.80. The molecule has 0 aliphatic carbocycles. The summed E-state index contributed by atoms with van der Waals surface area (Å²) in [7, 11) is 0. The van der Waals surface area contributed by atoms with Crippen molar-refractivity contribution in [2.24, 2.45) is 0 Å². The SMILES string of the molecule is CC(=O)CC(C)Oc1ccc(C)cc1. The normalized spacial score (nSPS) is 12.2. The first-order valence-electron chi connectivity index (χ1n) is 4.80. The predicted octanol–water partition coefficient (Wildman–Crippen LogP) is 2.74. The van der Waals surface area contributed by atoms with Gasteiger partial charge in [-0.3, -0.25) is 4.79 Å². The van der Waals surface area contributed by atoms with E-state index in [4.69, 9.17) is 4.74 Å². The van der Waals surface area contributed by atoms with Crippen LogP contribution in [0.2, 0.25) is 0 Å². The zero-order chi connectivity index (χ0) is 10.6. The van der Waals surface area contributed by atoms with Crippen LogP contribution in [0.3, 0.4) is 0 Å². The lowest BCUT2D eigenvalue weighted by Crippen LogP contribution is -2.15. The second-order valence-electron chi connectivity index (χ2n) is 3.65. The van der Waals surface area contributed by atoms with E-state index in [1.807, 2.05) is 38.1 Å². The van der Waals surface area contributed by atoms with Gasteiger partial charge in [0.2, 0.25) is 0 Å². The third-order valence-electron chi connectivity index (χ3n) is 1.93. The van der Waals surface area contributed by atoms with Crippen LogP contribution < -0.4 is 4.74 Å². The van der Waals surface area contributed by atoms with Gasteiger partial charge in [-0.15, -0.1) is 0 Å². The van der Waals surface area contributed by atoms with Gasteiger partial charge < -0.3 is 4.74 Å².